The number of aromatic hydroxyl groups is 1. The summed E-state index contributed by atoms with van der Waals surface area (Å²) < 4.78 is 13.8. The third-order valence-electron chi connectivity index (χ3n) is 6.54. The van der Waals surface area contributed by atoms with Gasteiger partial charge in [-0.2, -0.15) is 0 Å². The summed E-state index contributed by atoms with van der Waals surface area (Å²) in [6, 6.07) is 23.1. The van der Waals surface area contributed by atoms with Crippen LogP contribution in [0.1, 0.15) is 29.9 Å². The van der Waals surface area contributed by atoms with Crippen LogP contribution in [0.4, 0.5) is 11.4 Å². The molecule has 1 atom stereocenters. The summed E-state index contributed by atoms with van der Waals surface area (Å²) in [5, 5.41) is 14.3. The first kappa shape index (κ1) is 30.0. The minimum absolute atomic E-state index is 0.172. The highest BCUT2D eigenvalue weighted by Crippen LogP contribution is 2.41. The molecule has 0 aliphatic rings. The molecule has 0 aliphatic carbocycles. The molecule has 5 N–H and O–H groups in total. The van der Waals surface area contributed by atoms with E-state index in [4.69, 9.17) is 5.73 Å². The number of carbonyl (C=O) groups is 1. The summed E-state index contributed by atoms with van der Waals surface area (Å²) in [6.45, 7) is 3.87. The third kappa shape index (κ3) is 6.18. The first-order valence-corrected chi connectivity index (χ1v) is 14.4. The summed E-state index contributed by atoms with van der Waals surface area (Å²) in [7, 11) is 1.11. The van der Waals surface area contributed by atoms with E-state index in [9.17, 15) is 18.9 Å². The summed E-state index contributed by atoms with van der Waals surface area (Å²) in [6.07, 6.45) is 3.00. The summed E-state index contributed by atoms with van der Waals surface area (Å²) in [5.74, 6) is -0.635. The number of nitrogens with zero attached hydrogens (tertiary/aromatic N) is 2. The molecule has 10 heteroatoms. The predicted molar refractivity (Wildman–Crippen MR) is 169 cm³/mol. The monoisotopic (exact) mass is 583 g/mol. The van der Waals surface area contributed by atoms with Gasteiger partial charge in [-0.1, -0.05) is 42.5 Å². The summed E-state index contributed by atoms with van der Waals surface area (Å²) >= 11 is 0. The number of benzene rings is 3. The van der Waals surface area contributed by atoms with E-state index in [2.05, 4.69) is 15.3 Å². The van der Waals surface area contributed by atoms with Gasteiger partial charge in [-0.25, -0.2) is 4.21 Å². The molecule has 42 heavy (non-hydrogen) atoms. The van der Waals surface area contributed by atoms with Crippen molar-refractivity contribution in [1.29, 1.82) is 0 Å². The highest BCUT2D eigenvalue weighted by molar-refractivity contribution is 7.85. The lowest BCUT2D eigenvalue weighted by Crippen LogP contribution is -2.30. The van der Waals surface area contributed by atoms with Crippen LogP contribution in [-0.2, 0) is 10.8 Å². The van der Waals surface area contributed by atoms with E-state index in [0.717, 1.165) is 16.8 Å². The van der Waals surface area contributed by atoms with Gasteiger partial charge in [0.25, 0.3) is 11.5 Å². The second-order valence-corrected chi connectivity index (χ2v) is 11.1. The average Bonchev–Trinajstić information content (AvgIpc) is 3.01. The number of allylic oxidation sites excluding steroid dienone is 1. The van der Waals surface area contributed by atoms with Gasteiger partial charge in [-0.05, 0) is 67.4 Å². The standard InChI is InChI=1S/C32H33N5O4S/c1-20(2)37(24-11-6-5-7-12-24)28-27(26(33)17-18-34-3)36-32(40)30(29(28)38)42(41)25-15-13-21(14-16-25)22-9-8-10-23(19-22)31(39)35-4/h5-20H,33H2,1-4H3,(H,35,39)(H2,36,38,40). The number of anilines is 2. The van der Waals surface area contributed by atoms with Crippen molar-refractivity contribution in [2.75, 3.05) is 19.0 Å². The fraction of sp³-hybridized carbons (Fsp3) is 0.156. The van der Waals surface area contributed by atoms with E-state index in [1.165, 1.54) is 12.3 Å². The number of pyridine rings is 1. The molecular weight excluding hydrogens is 550 g/mol. The SMILES string of the molecule is CN=CC=C(N)c1[nH]c(=O)c(S(=O)c2ccc(-c3cccc(C(=O)NC)c3)cc2)c(O)c1N(c1ccccc1)C(C)C. The fourth-order valence-electron chi connectivity index (χ4n) is 4.56. The number of amides is 1. The number of aliphatic imine (C=N–C) groups is 1. The zero-order chi connectivity index (χ0) is 30.4. The molecule has 1 unspecified atom stereocenters. The number of aromatic nitrogens is 1. The summed E-state index contributed by atoms with van der Waals surface area (Å²) in [4.78, 5) is 34.0. The van der Waals surface area contributed by atoms with Crippen molar-refractivity contribution in [3.8, 4) is 16.9 Å². The van der Waals surface area contributed by atoms with Gasteiger partial charge in [-0.15, -0.1) is 0 Å². The second-order valence-electron chi connectivity index (χ2n) is 9.64. The Labute approximate surface area is 246 Å². The van der Waals surface area contributed by atoms with Crippen LogP contribution in [0.2, 0.25) is 0 Å². The molecule has 0 spiro atoms. The minimum atomic E-state index is -2.04. The number of hydrogen-bond donors (Lipinski definition) is 4. The molecule has 0 bridgehead atoms. The van der Waals surface area contributed by atoms with Crippen molar-refractivity contribution in [2.45, 2.75) is 29.7 Å². The van der Waals surface area contributed by atoms with Gasteiger partial charge in [0.05, 0.1) is 22.2 Å². The van der Waals surface area contributed by atoms with Crippen LogP contribution in [0, 0.1) is 0 Å². The Balaban J connectivity index is 1.84. The van der Waals surface area contributed by atoms with Crippen LogP contribution in [0.5, 0.6) is 5.75 Å². The molecule has 4 aromatic rings. The van der Waals surface area contributed by atoms with Crippen molar-refractivity contribution < 1.29 is 14.1 Å². The van der Waals surface area contributed by atoms with Crippen LogP contribution in [0.3, 0.4) is 0 Å². The first-order chi connectivity index (χ1) is 20.2. The third-order valence-corrected chi connectivity index (χ3v) is 7.99. The molecule has 0 fully saturated rings. The van der Waals surface area contributed by atoms with Crippen LogP contribution in [0.25, 0.3) is 16.8 Å². The topological polar surface area (TPSA) is 141 Å². The number of nitrogens with one attached hydrogen (secondary N) is 2. The molecule has 0 radical (unpaired) electrons. The van der Waals surface area contributed by atoms with Gasteiger partial charge in [-0.3, -0.25) is 14.6 Å². The second kappa shape index (κ2) is 13.1. The molecule has 4 rings (SSSR count). The molecule has 216 valence electrons. The predicted octanol–water partition coefficient (Wildman–Crippen LogP) is 4.82. The van der Waals surface area contributed by atoms with Crippen molar-refractivity contribution in [3.05, 3.63) is 107 Å². The maximum absolute atomic E-state index is 13.8. The van der Waals surface area contributed by atoms with Crippen molar-refractivity contribution >= 4 is 40.0 Å². The fourth-order valence-corrected chi connectivity index (χ4v) is 5.67. The largest absolute Gasteiger partial charge is 0.504 e. The minimum Gasteiger partial charge on any atom is -0.504 e. The number of hydrogen-bond acceptors (Lipinski definition) is 7. The van der Waals surface area contributed by atoms with Gasteiger partial charge in [0.15, 0.2) is 10.6 Å². The highest BCUT2D eigenvalue weighted by Gasteiger charge is 2.29. The van der Waals surface area contributed by atoms with E-state index >= 15 is 0 Å². The van der Waals surface area contributed by atoms with Crippen molar-refractivity contribution in [3.63, 3.8) is 0 Å². The normalized spacial score (nSPS) is 12.5. The zero-order valence-corrected chi connectivity index (χ0v) is 24.6. The lowest BCUT2D eigenvalue weighted by Gasteiger charge is -2.32. The van der Waals surface area contributed by atoms with E-state index in [0.29, 0.717) is 10.5 Å². The first-order valence-electron chi connectivity index (χ1n) is 13.2. The molecule has 0 aliphatic heterocycles. The number of H-pyrrole nitrogens is 1. The van der Waals surface area contributed by atoms with Crippen molar-refractivity contribution in [1.82, 2.24) is 10.3 Å². The zero-order valence-electron chi connectivity index (χ0n) is 23.8. The molecule has 1 aromatic heterocycles. The number of rotatable bonds is 9. The van der Waals surface area contributed by atoms with Crippen molar-refractivity contribution in [2.24, 2.45) is 10.7 Å². The van der Waals surface area contributed by atoms with E-state index in [1.807, 2.05) is 55.1 Å². The number of carbonyl (C=O) groups excluding carboxylic acids is 1. The van der Waals surface area contributed by atoms with Gasteiger partial charge in [0.2, 0.25) is 0 Å². The Morgan fingerprint density at radius 2 is 1.74 bits per heavy atom. The molecule has 0 saturated heterocycles. The van der Waals surface area contributed by atoms with Gasteiger partial charge in [0.1, 0.15) is 5.69 Å². The smallest absolute Gasteiger partial charge is 0.269 e. The molecule has 9 nitrogen and oxygen atoms in total. The van der Waals surface area contributed by atoms with Crippen LogP contribution in [-0.4, -0.2) is 46.6 Å². The Morgan fingerprint density at radius 3 is 2.36 bits per heavy atom. The molecule has 0 saturated carbocycles. The Bertz CT molecular complexity index is 1730. The number of aromatic amines is 1. The molecule has 3 aromatic carbocycles. The molecular formula is C32H33N5O4S. The average molecular weight is 584 g/mol. The lowest BCUT2D eigenvalue weighted by molar-refractivity contribution is 0.0963. The van der Waals surface area contributed by atoms with Crippen LogP contribution < -0.4 is 21.5 Å². The lowest BCUT2D eigenvalue weighted by atomic mass is 10.0. The van der Waals surface area contributed by atoms with Gasteiger partial charge < -0.3 is 26.0 Å². The van der Waals surface area contributed by atoms with Gasteiger partial charge >= 0.3 is 0 Å². The summed E-state index contributed by atoms with van der Waals surface area (Å²) in [5.41, 5.74) is 9.04. The van der Waals surface area contributed by atoms with Gasteiger partial charge in [0, 0.05) is 42.5 Å². The number of nitrogens with two attached hydrogens (primary N) is 1. The van der Waals surface area contributed by atoms with E-state index in [1.54, 1.807) is 56.6 Å². The van der Waals surface area contributed by atoms with E-state index in [-0.39, 0.29) is 33.9 Å². The maximum Gasteiger partial charge on any atom is 0.269 e. The Kier molecular flexibility index (Phi) is 9.39. The highest BCUT2D eigenvalue weighted by atomic mass is 32.2. The maximum atomic E-state index is 13.8. The quantitative estimate of drug-likeness (QED) is 0.208. The Morgan fingerprint density at radius 1 is 1.05 bits per heavy atom. The van der Waals surface area contributed by atoms with E-state index < -0.39 is 22.1 Å². The molecule has 1 amide bonds. The van der Waals surface area contributed by atoms with Crippen LogP contribution >= 0.6 is 0 Å². The number of para-hydroxylation sites is 1. The molecule has 1 heterocycles. The van der Waals surface area contributed by atoms with Crippen LogP contribution in [0.15, 0.2) is 105 Å². The Hall–Kier alpha value is -4.96.